The molecule has 6 heteroatoms. The standard InChI is InChI=1S/C22H22N2O3S/c25-19-11-14(17-13-28-20-6-2-1-4-16(17)20)10-15-12-24(8-9-27-21(15)19)22(26)18-5-3-7-23-18/h1-2,4,6,10-11,13,18,23,25H,3,5,7-9,12H2/t18-/m1/s1. The van der Waals surface area contributed by atoms with Crippen molar-refractivity contribution in [1.82, 2.24) is 10.2 Å². The van der Waals surface area contributed by atoms with Crippen LogP contribution in [-0.4, -0.2) is 41.7 Å². The van der Waals surface area contributed by atoms with Crippen molar-refractivity contribution in [2.45, 2.75) is 25.4 Å². The van der Waals surface area contributed by atoms with E-state index in [1.165, 1.54) is 10.1 Å². The Hall–Kier alpha value is -2.57. The Morgan fingerprint density at radius 2 is 2.18 bits per heavy atom. The topological polar surface area (TPSA) is 61.8 Å². The van der Waals surface area contributed by atoms with Gasteiger partial charge in [0, 0.05) is 27.8 Å². The van der Waals surface area contributed by atoms with Gasteiger partial charge in [-0.3, -0.25) is 4.79 Å². The molecule has 1 aromatic heterocycles. The Balaban J connectivity index is 1.52. The van der Waals surface area contributed by atoms with E-state index in [1.54, 1.807) is 17.4 Å². The van der Waals surface area contributed by atoms with Gasteiger partial charge in [-0.25, -0.2) is 0 Å². The van der Waals surface area contributed by atoms with Gasteiger partial charge in [0.25, 0.3) is 0 Å². The molecule has 5 nitrogen and oxygen atoms in total. The number of phenolic OH excluding ortho intramolecular Hbond substituents is 1. The number of carbonyl (C=O) groups is 1. The van der Waals surface area contributed by atoms with Crippen molar-refractivity contribution < 1.29 is 14.6 Å². The highest BCUT2D eigenvalue weighted by Gasteiger charge is 2.29. The molecule has 2 aliphatic heterocycles. The van der Waals surface area contributed by atoms with Crippen molar-refractivity contribution in [1.29, 1.82) is 0 Å². The summed E-state index contributed by atoms with van der Waals surface area (Å²) >= 11 is 1.69. The van der Waals surface area contributed by atoms with Crippen LogP contribution in [0.2, 0.25) is 0 Å². The van der Waals surface area contributed by atoms with Crippen LogP contribution in [0.3, 0.4) is 0 Å². The summed E-state index contributed by atoms with van der Waals surface area (Å²) in [5.41, 5.74) is 2.90. The number of nitrogens with zero attached hydrogens (tertiary/aromatic N) is 1. The second kappa shape index (κ2) is 7.11. The quantitative estimate of drug-likeness (QED) is 0.695. The third kappa shape index (κ3) is 3.02. The van der Waals surface area contributed by atoms with E-state index in [2.05, 4.69) is 28.9 Å². The van der Waals surface area contributed by atoms with Gasteiger partial charge in [-0.1, -0.05) is 18.2 Å². The lowest BCUT2D eigenvalue weighted by Gasteiger charge is -2.23. The zero-order chi connectivity index (χ0) is 19.1. The fourth-order valence-corrected chi connectivity index (χ4v) is 5.13. The summed E-state index contributed by atoms with van der Waals surface area (Å²) < 4.78 is 7.04. The second-order valence-corrected chi connectivity index (χ2v) is 8.30. The number of benzene rings is 2. The van der Waals surface area contributed by atoms with Gasteiger partial charge in [-0.15, -0.1) is 11.3 Å². The van der Waals surface area contributed by atoms with Crippen LogP contribution in [0.15, 0.2) is 41.8 Å². The minimum absolute atomic E-state index is 0.0980. The van der Waals surface area contributed by atoms with E-state index in [9.17, 15) is 9.90 Å². The Labute approximate surface area is 167 Å². The predicted molar refractivity (Wildman–Crippen MR) is 111 cm³/mol. The molecule has 1 atom stereocenters. The van der Waals surface area contributed by atoms with Gasteiger partial charge < -0.3 is 20.1 Å². The fourth-order valence-electron chi connectivity index (χ4n) is 4.16. The van der Waals surface area contributed by atoms with Gasteiger partial charge in [0.05, 0.1) is 12.6 Å². The van der Waals surface area contributed by atoms with Gasteiger partial charge in [0.2, 0.25) is 5.91 Å². The summed E-state index contributed by atoms with van der Waals surface area (Å²) in [6, 6.07) is 12.0. The molecule has 0 aliphatic carbocycles. The van der Waals surface area contributed by atoms with Crippen LogP contribution in [0, 0.1) is 0 Å². The lowest BCUT2D eigenvalue weighted by Crippen LogP contribution is -2.44. The molecule has 2 N–H and O–H groups in total. The minimum Gasteiger partial charge on any atom is -0.504 e. The third-order valence-electron chi connectivity index (χ3n) is 5.58. The first-order chi connectivity index (χ1) is 13.7. The molecular formula is C22H22N2O3S. The summed E-state index contributed by atoms with van der Waals surface area (Å²) in [4.78, 5) is 14.7. The number of amides is 1. The number of rotatable bonds is 2. The van der Waals surface area contributed by atoms with Crippen molar-refractivity contribution in [3.05, 3.63) is 47.3 Å². The lowest BCUT2D eigenvalue weighted by atomic mass is 10.0. The molecule has 1 amide bonds. The molecule has 3 heterocycles. The van der Waals surface area contributed by atoms with E-state index < -0.39 is 0 Å². The lowest BCUT2D eigenvalue weighted by molar-refractivity contribution is -0.133. The maximum Gasteiger partial charge on any atom is 0.240 e. The van der Waals surface area contributed by atoms with Crippen LogP contribution in [0.25, 0.3) is 21.2 Å². The first-order valence-electron chi connectivity index (χ1n) is 9.68. The van der Waals surface area contributed by atoms with Crippen LogP contribution in [-0.2, 0) is 11.3 Å². The van der Waals surface area contributed by atoms with Crippen molar-refractivity contribution in [2.24, 2.45) is 0 Å². The summed E-state index contributed by atoms with van der Waals surface area (Å²) in [7, 11) is 0. The zero-order valence-electron chi connectivity index (χ0n) is 15.5. The smallest absolute Gasteiger partial charge is 0.240 e. The Kier molecular flexibility index (Phi) is 4.45. The molecule has 0 unspecified atom stereocenters. The molecule has 2 aromatic carbocycles. The molecule has 0 radical (unpaired) electrons. The van der Waals surface area contributed by atoms with Crippen molar-refractivity contribution in [3.63, 3.8) is 0 Å². The van der Waals surface area contributed by atoms with Crippen LogP contribution < -0.4 is 10.1 Å². The molecule has 0 spiro atoms. The van der Waals surface area contributed by atoms with E-state index in [1.807, 2.05) is 17.0 Å². The van der Waals surface area contributed by atoms with Crippen molar-refractivity contribution in [2.75, 3.05) is 19.7 Å². The first kappa shape index (κ1) is 17.5. The number of thiophene rings is 1. The molecular weight excluding hydrogens is 372 g/mol. The van der Waals surface area contributed by atoms with E-state index >= 15 is 0 Å². The van der Waals surface area contributed by atoms with Crippen molar-refractivity contribution >= 4 is 27.3 Å². The van der Waals surface area contributed by atoms with Gasteiger partial charge in [-0.05, 0) is 48.5 Å². The number of hydrogen-bond acceptors (Lipinski definition) is 5. The molecule has 0 bridgehead atoms. The number of fused-ring (bicyclic) bond motifs is 2. The number of phenols is 1. The molecule has 0 saturated carbocycles. The van der Waals surface area contributed by atoms with E-state index in [-0.39, 0.29) is 17.7 Å². The SMILES string of the molecule is O=C([C@H]1CCCN1)N1CCOc2c(O)cc(-c3csc4ccccc34)cc2C1. The number of hydrogen-bond donors (Lipinski definition) is 2. The number of aromatic hydroxyl groups is 1. The maximum atomic E-state index is 12.9. The number of carbonyl (C=O) groups excluding carboxylic acids is 1. The third-order valence-corrected chi connectivity index (χ3v) is 6.54. The molecule has 28 heavy (non-hydrogen) atoms. The molecule has 5 rings (SSSR count). The highest BCUT2D eigenvalue weighted by atomic mass is 32.1. The molecule has 3 aromatic rings. The largest absolute Gasteiger partial charge is 0.504 e. The Morgan fingerprint density at radius 3 is 3.04 bits per heavy atom. The normalized spacial score (nSPS) is 19.3. The van der Waals surface area contributed by atoms with E-state index in [0.717, 1.165) is 36.1 Å². The second-order valence-electron chi connectivity index (χ2n) is 7.39. The molecule has 1 fully saturated rings. The predicted octanol–water partition coefficient (Wildman–Crippen LogP) is 3.75. The Morgan fingerprint density at radius 1 is 1.29 bits per heavy atom. The summed E-state index contributed by atoms with van der Waals surface area (Å²) in [6.07, 6.45) is 1.92. The van der Waals surface area contributed by atoms with E-state index in [0.29, 0.717) is 25.4 Å². The van der Waals surface area contributed by atoms with Crippen LogP contribution in [0.5, 0.6) is 11.5 Å². The van der Waals surface area contributed by atoms with Crippen LogP contribution in [0.1, 0.15) is 18.4 Å². The maximum absolute atomic E-state index is 12.9. The fraction of sp³-hybridized carbons (Fsp3) is 0.318. The molecule has 2 aliphatic rings. The first-order valence-corrected chi connectivity index (χ1v) is 10.6. The summed E-state index contributed by atoms with van der Waals surface area (Å²) in [5.74, 6) is 0.758. The number of nitrogens with one attached hydrogen (secondary N) is 1. The molecule has 1 saturated heterocycles. The Bertz CT molecular complexity index is 1040. The zero-order valence-corrected chi connectivity index (χ0v) is 16.3. The van der Waals surface area contributed by atoms with Gasteiger partial charge in [0.1, 0.15) is 6.61 Å². The minimum atomic E-state index is -0.0980. The summed E-state index contributed by atoms with van der Waals surface area (Å²) in [5, 5.41) is 17.2. The average Bonchev–Trinajstić information content (AvgIpc) is 3.33. The highest BCUT2D eigenvalue weighted by Crippen LogP contribution is 2.41. The average molecular weight is 394 g/mol. The monoisotopic (exact) mass is 394 g/mol. The van der Waals surface area contributed by atoms with Crippen LogP contribution >= 0.6 is 11.3 Å². The molecule has 144 valence electrons. The van der Waals surface area contributed by atoms with Gasteiger partial charge >= 0.3 is 0 Å². The number of ether oxygens (including phenoxy) is 1. The van der Waals surface area contributed by atoms with Crippen LogP contribution in [0.4, 0.5) is 0 Å². The van der Waals surface area contributed by atoms with Gasteiger partial charge in [-0.2, -0.15) is 0 Å². The van der Waals surface area contributed by atoms with E-state index in [4.69, 9.17) is 4.74 Å². The van der Waals surface area contributed by atoms with Crippen molar-refractivity contribution in [3.8, 4) is 22.6 Å². The highest BCUT2D eigenvalue weighted by molar-refractivity contribution is 7.17. The summed E-state index contributed by atoms with van der Waals surface area (Å²) in [6.45, 7) is 2.27. The van der Waals surface area contributed by atoms with Gasteiger partial charge in [0.15, 0.2) is 11.5 Å².